The molecule has 1 aromatic rings. The van der Waals surface area contributed by atoms with Gasteiger partial charge in [-0.15, -0.1) is 0 Å². The van der Waals surface area contributed by atoms with Gasteiger partial charge in [-0.25, -0.2) is 4.79 Å². The van der Waals surface area contributed by atoms with Gasteiger partial charge in [0.2, 0.25) is 0 Å². The molecule has 0 bridgehead atoms. The van der Waals surface area contributed by atoms with E-state index in [-0.39, 0.29) is 5.97 Å². The Hall–Kier alpha value is -1.82. The van der Waals surface area contributed by atoms with Crippen LogP contribution < -0.4 is 0 Å². The van der Waals surface area contributed by atoms with Crippen LogP contribution in [0.1, 0.15) is 47.8 Å². The van der Waals surface area contributed by atoms with Crippen molar-refractivity contribution in [2.24, 2.45) is 0 Å². The third-order valence-electron chi connectivity index (χ3n) is 2.69. The fourth-order valence-electron chi connectivity index (χ4n) is 1.80. The topological polar surface area (TPSA) is 50.1 Å². The van der Waals surface area contributed by atoms with Crippen LogP contribution in [0.2, 0.25) is 0 Å². The van der Waals surface area contributed by atoms with E-state index < -0.39 is 0 Å². The Balaban J connectivity index is 3.28. The summed E-state index contributed by atoms with van der Waals surface area (Å²) in [5, 5.41) is 9.13. The first-order valence-corrected chi connectivity index (χ1v) is 5.90. The Bertz CT molecular complexity index is 433. The molecule has 0 radical (unpaired) electrons. The molecule has 1 rings (SSSR count). The van der Waals surface area contributed by atoms with Crippen LogP contribution in [0.15, 0.2) is 12.1 Å². The van der Waals surface area contributed by atoms with Gasteiger partial charge >= 0.3 is 5.97 Å². The maximum atomic E-state index is 11.7. The van der Waals surface area contributed by atoms with Crippen molar-refractivity contribution in [2.45, 2.75) is 33.6 Å². The molecule has 0 heterocycles. The van der Waals surface area contributed by atoms with E-state index in [1.807, 2.05) is 13.8 Å². The molecule has 3 heteroatoms. The van der Waals surface area contributed by atoms with E-state index in [0.717, 1.165) is 24.0 Å². The molecule has 90 valence electrons. The fourth-order valence-corrected chi connectivity index (χ4v) is 1.80. The van der Waals surface area contributed by atoms with Gasteiger partial charge in [0.15, 0.2) is 0 Å². The zero-order valence-corrected chi connectivity index (χ0v) is 10.5. The summed E-state index contributed by atoms with van der Waals surface area (Å²) in [6, 6.07) is 5.73. The second kappa shape index (κ2) is 6.05. The van der Waals surface area contributed by atoms with Crippen LogP contribution in [-0.4, -0.2) is 12.6 Å². The van der Waals surface area contributed by atoms with Gasteiger partial charge in [0, 0.05) is 0 Å². The maximum absolute atomic E-state index is 11.7. The van der Waals surface area contributed by atoms with Gasteiger partial charge in [-0.05, 0) is 43.0 Å². The summed E-state index contributed by atoms with van der Waals surface area (Å²) in [5.41, 5.74) is 3.06. The summed E-state index contributed by atoms with van der Waals surface area (Å²) in [6.07, 6.45) is 1.48. The average molecular weight is 231 g/mol. The van der Waals surface area contributed by atoms with E-state index in [2.05, 4.69) is 6.07 Å². The molecule has 0 saturated carbocycles. The Morgan fingerprint density at radius 3 is 2.12 bits per heavy atom. The van der Waals surface area contributed by atoms with Crippen LogP contribution in [0.5, 0.6) is 0 Å². The van der Waals surface area contributed by atoms with E-state index in [1.54, 1.807) is 19.1 Å². The number of benzene rings is 1. The van der Waals surface area contributed by atoms with Crippen molar-refractivity contribution >= 4 is 5.97 Å². The molecule has 0 aliphatic carbocycles. The smallest absolute Gasteiger partial charge is 0.338 e. The quantitative estimate of drug-likeness (QED) is 0.749. The zero-order valence-electron chi connectivity index (χ0n) is 10.5. The van der Waals surface area contributed by atoms with Gasteiger partial charge in [0.05, 0.1) is 23.8 Å². The molecule has 0 aromatic heterocycles. The number of aryl methyl sites for hydroxylation is 2. The van der Waals surface area contributed by atoms with E-state index in [9.17, 15) is 4.79 Å². The largest absolute Gasteiger partial charge is 0.462 e. The van der Waals surface area contributed by atoms with E-state index in [1.165, 1.54) is 0 Å². The predicted molar refractivity (Wildman–Crippen MR) is 65.9 cm³/mol. The molecule has 3 nitrogen and oxygen atoms in total. The Morgan fingerprint density at radius 2 is 1.76 bits per heavy atom. The fraction of sp³-hybridized carbons (Fsp3) is 0.429. The van der Waals surface area contributed by atoms with Gasteiger partial charge in [-0.1, -0.05) is 13.8 Å². The minimum absolute atomic E-state index is 0.318. The summed E-state index contributed by atoms with van der Waals surface area (Å²) in [7, 11) is 0. The molecule has 17 heavy (non-hydrogen) atoms. The Labute approximate surface area is 102 Å². The first-order chi connectivity index (χ1) is 8.17. The van der Waals surface area contributed by atoms with Gasteiger partial charge in [-0.2, -0.15) is 5.26 Å². The number of esters is 1. The predicted octanol–water partition coefficient (Wildman–Crippen LogP) is 2.86. The van der Waals surface area contributed by atoms with Crippen molar-refractivity contribution in [3.05, 3.63) is 34.4 Å². The third-order valence-corrected chi connectivity index (χ3v) is 2.69. The Kier molecular flexibility index (Phi) is 4.71. The van der Waals surface area contributed by atoms with Crippen LogP contribution in [0.25, 0.3) is 0 Å². The highest BCUT2D eigenvalue weighted by atomic mass is 16.5. The normalized spacial score (nSPS) is 9.76. The van der Waals surface area contributed by atoms with Crippen LogP contribution in [0.4, 0.5) is 0 Å². The number of nitrogens with zero attached hydrogens (tertiary/aromatic N) is 1. The number of rotatable bonds is 4. The second-order valence-corrected chi connectivity index (χ2v) is 3.71. The monoisotopic (exact) mass is 231 g/mol. The van der Waals surface area contributed by atoms with Gasteiger partial charge < -0.3 is 4.74 Å². The van der Waals surface area contributed by atoms with E-state index in [0.29, 0.717) is 17.7 Å². The molecule has 0 spiro atoms. The standard InChI is InChI=1S/C14H17NO2/c1-4-10-7-12(14(16)17-6-3)8-11(5-2)13(10)9-15/h7-8H,4-6H2,1-3H3. The number of hydrogen-bond donors (Lipinski definition) is 0. The number of hydrogen-bond acceptors (Lipinski definition) is 3. The van der Waals surface area contributed by atoms with Gasteiger partial charge in [0.25, 0.3) is 0 Å². The molecule has 1 aromatic carbocycles. The average Bonchev–Trinajstić information content (AvgIpc) is 2.37. The molecule has 0 saturated heterocycles. The summed E-state index contributed by atoms with van der Waals surface area (Å²) < 4.78 is 4.98. The van der Waals surface area contributed by atoms with Crippen LogP contribution >= 0.6 is 0 Å². The minimum Gasteiger partial charge on any atom is -0.462 e. The first-order valence-electron chi connectivity index (χ1n) is 5.90. The van der Waals surface area contributed by atoms with Crippen molar-refractivity contribution in [2.75, 3.05) is 6.61 Å². The maximum Gasteiger partial charge on any atom is 0.338 e. The molecule has 0 atom stereocenters. The summed E-state index contributed by atoms with van der Waals surface area (Å²) in [5.74, 6) is -0.318. The number of ether oxygens (including phenoxy) is 1. The molecular formula is C14H17NO2. The summed E-state index contributed by atoms with van der Waals surface area (Å²) >= 11 is 0. The first kappa shape index (κ1) is 13.2. The lowest BCUT2D eigenvalue weighted by Gasteiger charge is -2.10. The number of carbonyl (C=O) groups excluding carboxylic acids is 1. The SMILES string of the molecule is CCOC(=O)c1cc(CC)c(C#N)c(CC)c1. The van der Waals surface area contributed by atoms with Crippen molar-refractivity contribution in [1.82, 2.24) is 0 Å². The van der Waals surface area contributed by atoms with Crippen LogP contribution in [0.3, 0.4) is 0 Å². The van der Waals surface area contributed by atoms with Crippen molar-refractivity contribution in [3.63, 3.8) is 0 Å². The van der Waals surface area contributed by atoms with Crippen LogP contribution in [0, 0.1) is 11.3 Å². The van der Waals surface area contributed by atoms with Crippen molar-refractivity contribution in [1.29, 1.82) is 5.26 Å². The van der Waals surface area contributed by atoms with Gasteiger partial charge in [0.1, 0.15) is 0 Å². The number of nitriles is 1. The van der Waals surface area contributed by atoms with Crippen molar-refractivity contribution in [3.8, 4) is 6.07 Å². The van der Waals surface area contributed by atoms with E-state index in [4.69, 9.17) is 10.00 Å². The van der Waals surface area contributed by atoms with Gasteiger partial charge in [-0.3, -0.25) is 0 Å². The highest BCUT2D eigenvalue weighted by molar-refractivity contribution is 5.90. The molecule has 0 unspecified atom stereocenters. The van der Waals surface area contributed by atoms with Crippen molar-refractivity contribution < 1.29 is 9.53 Å². The molecule has 0 fully saturated rings. The summed E-state index contributed by atoms with van der Waals surface area (Å²) in [6.45, 7) is 6.10. The molecule has 0 amide bonds. The molecular weight excluding hydrogens is 214 g/mol. The Morgan fingerprint density at radius 1 is 1.24 bits per heavy atom. The highest BCUT2D eigenvalue weighted by Gasteiger charge is 2.13. The third kappa shape index (κ3) is 2.85. The lowest BCUT2D eigenvalue weighted by Crippen LogP contribution is -2.07. The second-order valence-electron chi connectivity index (χ2n) is 3.71. The molecule has 0 aliphatic heterocycles. The minimum atomic E-state index is -0.318. The van der Waals surface area contributed by atoms with E-state index >= 15 is 0 Å². The zero-order chi connectivity index (χ0) is 12.8. The summed E-state index contributed by atoms with van der Waals surface area (Å²) in [4.78, 5) is 11.7. The lowest BCUT2D eigenvalue weighted by atomic mass is 9.95. The molecule has 0 N–H and O–H groups in total. The molecule has 0 aliphatic rings. The lowest BCUT2D eigenvalue weighted by molar-refractivity contribution is 0.0526. The van der Waals surface area contributed by atoms with Crippen LogP contribution in [-0.2, 0) is 17.6 Å². The highest BCUT2D eigenvalue weighted by Crippen LogP contribution is 2.19. The number of carbonyl (C=O) groups is 1.